The Bertz CT molecular complexity index is 573. The summed E-state index contributed by atoms with van der Waals surface area (Å²) in [4.78, 5) is 5.64. The number of rotatable bonds is 3. The first kappa shape index (κ1) is 14.6. The topological polar surface area (TPSA) is 24.9 Å². The number of benzene rings is 1. The fraction of sp³-hybridized carbons (Fsp3) is 0.357. The Morgan fingerprint density at radius 2 is 2.00 bits per heavy atom. The summed E-state index contributed by atoms with van der Waals surface area (Å²) in [5.74, 6) is 0. The molecule has 102 valence electrons. The molecule has 1 N–H and O–H groups in total. The molecule has 0 saturated heterocycles. The van der Waals surface area contributed by atoms with Gasteiger partial charge in [0.1, 0.15) is 0 Å². The lowest BCUT2D eigenvalue weighted by Crippen LogP contribution is -2.09. The highest BCUT2D eigenvalue weighted by molar-refractivity contribution is 7.11. The molecule has 1 heterocycles. The van der Waals surface area contributed by atoms with Gasteiger partial charge in [-0.1, -0.05) is 50.0 Å². The van der Waals surface area contributed by atoms with E-state index in [1.54, 1.807) is 17.4 Å². The van der Waals surface area contributed by atoms with Crippen LogP contribution < -0.4 is 5.32 Å². The molecular formula is C14H16Cl2N2S. The second-order valence-corrected chi connectivity index (χ2v) is 7.24. The lowest BCUT2D eigenvalue weighted by atomic mass is 9.98. The van der Waals surface area contributed by atoms with Crippen LogP contribution in [0.4, 0.5) is 5.69 Å². The van der Waals surface area contributed by atoms with Crippen LogP contribution >= 0.6 is 34.5 Å². The zero-order valence-electron chi connectivity index (χ0n) is 11.1. The largest absolute Gasteiger partial charge is 0.379 e. The highest BCUT2D eigenvalue weighted by Gasteiger charge is 2.17. The van der Waals surface area contributed by atoms with Crippen molar-refractivity contribution in [3.63, 3.8) is 0 Å². The summed E-state index contributed by atoms with van der Waals surface area (Å²) in [6, 6.07) is 5.57. The predicted molar refractivity (Wildman–Crippen MR) is 84.6 cm³/mol. The number of halogens is 2. The molecule has 0 atom stereocenters. The summed E-state index contributed by atoms with van der Waals surface area (Å²) >= 11 is 13.8. The Labute approximate surface area is 127 Å². The fourth-order valence-electron chi connectivity index (χ4n) is 1.56. The normalized spacial score (nSPS) is 11.6. The Morgan fingerprint density at radius 1 is 1.26 bits per heavy atom. The van der Waals surface area contributed by atoms with Crippen molar-refractivity contribution in [2.24, 2.45) is 0 Å². The average Bonchev–Trinajstić information content (AvgIpc) is 2.79. The van der Waals surface area contributed by atoms with Crippen LogP contribution in [0.2, 0.25) is 10.0 Å². The molecule has 0 saturated carbocycles. The van der Waals surface area contributed by atoms with Gasteiger partial charge in [0.15, 0.2) is 0 Å². The molecule has 0 spiro atoms. The lowest BCUT2D eigenvalue weighted by molar-refractivity contribution is 0.585. The Kier molecular flexibility index (Phi) is 4.39. The van der Waals surface area contributed by atoms with Gasteiger partial charge in [0.2, 0.25) is 0 Å². The molecule has 0 aliphatic rings. The molecule has 0 aliphatic heterocycles. The van der Waals surface area contributed by atoms with Crippen molar-refractivity contribution in [2.45, 2.75) is 32.7 Å². The summed E-state index contributed by atoms with van der Waals surface area (Å²) in [5, 5.41) is 5.55. The maximum Gasteiger partial charge on any atom is 0.0981 e. The zero-order chi connectivity index (χ0) is 14.0. The van der Waals surface area contributed by atoms with Crippen molar-refractivity contribution >= 4 is 40.2 Å². The van der Waals surface area contributed by atoms with Crippen LogP contribution in [0.5, 0.6) is 0 Å². The van der Waals surface area contributed by atoms with E-state index in [-0.39, 0.29) is 5.41 Å². The number of anilines is 1. The third kappa shape index (κ3) is 3.62. The molecule has 0 radical (unpaired) electrons. The summed E-state index contributed by atoms with van der Waals surface area (Å²) in [7, 11) is 0. The molecule has 0 bridgehead atoms. The van der Waals surface area contributed by atoms with Crippen LogP contribution in [-0.2, 0) is 12.0 Å². The van der Waals surface area contributed by atoms with Crippen LogP contribution in [-0.4, -0.2) is 4.98 Å². The second kappa shape index (κ2) is 5.70. The van der Waals surface area contributed by atoms with E-state index in [1.807, 2.05) is 18.3 Å². The van der Waals surface area contributed by atoms with Gasteiger partial charge in [0.25, 0.3) is 0 Å². The van der Waals surface area contributed by atoms with E-state index in [0.29, 0.717) is 16.6 Å². The lowest BCUT2D eigenvalue weighted by Gasteiger charge is -2.13. The van der Waals surface area contributed by atoms with Gasteiger partial charge < -0.3 is 5.32 Å². The van der Waals surface area contributed by atoms with E-state index in [4.69, 9.17) is 23.2 Å². The van der Waals surface area contributed by atoms with E-state index < -0.39 is 0 Å². The summed E-state index contributed by atoms with van der Waals surface area (Å²) in [6.45, 7) is 7.19. The van der Waals surface area contributed by atoms with Crippen LogP contribution in [0.3, 0.4) is 0 Å². The van der Waals surface area contributed by atoms with Gasteiger partial charge >= 0.3 is 0 Å². The highest BCUT2D eigenvalue weighted by atomic mass is 35.5. The van der Waals surface area contributed by atoms with E-state index in [9.17, 15) is 0 Å². The summed E-state index contributed by atoms with van der Waals surface area (Å²) < 4.78 is 0. The average molecular weight is 315 g/mol. The van der Waals surface area contributed by atoms with Crippen LogP contribution in [0.25, 0.3) is 0 Å². The number of hydrogen-bond donors (Lipinski definition) is 1. The van der Waals surface area contributed by atoms with Crippen molar-refractivity contribution in [1.82, 2.24) is 4.98 Å². The molecule has 2 nitrogen and oxygen atoms in total. The number of aromatic nitrogens is 1. The minimum absolute atomic E-state index is 0.0939. The minimum Gasteiger partial charge on any atom is -0.379 e. The fourth-order valence-corrected chi connectivity index (χ4v) is 2.84. The first-order valence-electron chi connectivity index (χ1n) is 6.01. The Hall–Kier alpha value is -0.770. The molecular weight excluding hydrogens is 299 g/mol. The second-order valence-electron chi connectivity index (χ2n) is 5.34. The highest BCUT2D eigenvalue weighted by Crippen LogP contribution is 2.31. The molecule has 0 unspecified atom stereocenters. The monoisotopic (exact) mass is 314 g/mol. The third-order valence-electron chi connectivity index (χ3n) is 2.60. The van der Waals surface area contributed by atoms with Gasteiger partial charge in [0, 0.05) is 16.5 Å². The first-order valence-corrected chi connectivity index (χ1v) is 7.58. The van der Waals surface area contributed by atoms with Gasteiger partial charge in [-0.05, 0) is 12.1 Å². The van der Waals surface area contributed by atoms with Gasteiger partial charge in [0.05, 0.1) is 27.3 Å². The molecule has 1 aromatic heterocycles. The van der Waals surface area contributed by atoms with Crippen molar-refractivity contribution in [1.29, 1.82) is 0 Å². The standard InChI is InChI=1S/C14H16Cl2N2S/c1-14(2,3)13-18-8-9(19-13)7-17-11-6-4-5-10(15)12(11)16/h4-6,8,17H,7H2,1-3H3. The van der Waals surface area contributed by atoms with Crippen LogP contribution in [0.1, 0.15) is 30.7 Å². The van der Waals surface area contributed by atoms with E-state index in [2.05, 4.69) is 31.1 Å². The molecule has 0 aliphatic carbocycles. The summed E-state index contributed by atoms with van der Waals surface area (Å²) in [5.41, 5.74) is 0.941. The molecule has 0 fully saturated rings. The molecule has 5 heteroatoms. The van der Waals surface area contributed by atoms with Gasteiger partial charge in [-0.2, -0.15) is 0 Å². The van der Waals surface area contributed by atoms with E-state index in [1.165, 1.54) is 4.88 Å². The van der Waals surface area contributed by atoms with E-state index in [0.717, 1.165) is 10.7 Å². The Balaban J connectivity index is 2.07. The molecule has 19 heavy (non-hydrogen) atoms. The number of thiazole rings is 1. The maximum absolute atomic E-state index is 6.13. The quantitative estimate of drug-likeness (QED) is 0.825. The first-order chi connectivity index (χ1) is 8.88. The van der Waals surface area contributed by atoms with Gasteiger partial charge in [-0.25, -0.2) is 4.98 Å². The smallest absolute Gasteiger partial charge is 0.0981 e. The SMILES string of the molecule is CC(C)(C)c1ncc(CNc2cccc(Cl)c2Cl)s1. The van der Waals surface area contributed by atoms with Gasteiger partial charge in [-0.3, -0.25) is 0 Å². The van der Waals surface area contributed by atoms with Crippen LogP contribution in [0, 0.1) is 0 Å². The van der Waals surface area contributed by atoms with Crippen molar-refractivity contribution in [2.75, 3.05) is 5.32 Å². The molecule has 0 amide bonds. The predicted octanol–water partition coefficient (Wildman–Crippen LogP) is 5.36. The number of hydrogen-bond acceptors (Lipinski definition) is 3. The number of nitrogens with one attached hydrogen (secondary N) is 1. The van der Waals surface area contributed by atoms with Crippen LogP contribution in [0.15, 0.2) is 24.4 Å². The summed E-state index contributed by atoms with van der Waals surface area (Å²) in [6.07, 6.45) is 1.91. The van der Waals surface area contributed by atoms with Crippen molar-refractivity contribution < 1.29 is 0 Å². The molecule has 1 aromatic carbocycles. The van der Waals surface area contributed by atoms with Crippen molar-refractivity contribution in [3.8, 4) is 0 Å². The molecule has 2 rings (SSSR count). The van der Waals surface area contributed by atoms with Gasteiger partial charge in [-0.15, -0.1) is 11.3 Å². The van der Waals surface area contributed by atoms with Crippen molar-refractivity contribution in [3.05, 3.63) is 44.3 Å². The maximum atomic E-state index is 6.13. The van der Waals surface area contributed by atoms with E-state index >= 15 is 0 Å². The Morgan fingerprint density at radius 3 is 2.63 bits per heavy atom. The third-order valence-corrected chi connectivity index (χ3v) is 4.84. The zero-order valence-corrected chi connectivity index (χ0v) is 13.5. The minimum atomic E-state index is 0.0939. The number of nitrogens with zero attached hydrogens (tertiary/aromatic N) is 1. The molecule has 2 aromatic rings.